The molecule has 1 fully saturated rings. The second-order valence-electron chi connectivity index (χ2n) is 3.92. The maximum atomic E-state index is 11.8. The molecule has 1 N–H and O–H groups in total. The van der Waals surface area contributed by atoms with E-state index in [1.165, 1.54) is 4.31 Å². The standard InChI is InChI=1S/C11H16N2O2S/c14-16(15,13-8-4-5-9-13)12-10-11-6-2-1-3-7-11/h1-3,6-7,12H,4-5,8-10H2. The Labute approximate surface area is 96.5 Å². The molecule has 0 saturated carbocycles. The Balaban J connectivity index is 1.94. The third-order valence-corrected chi connectivity index (χ3v) is 4.26. The largest absolute Gasteiger partial charge is 0.279 e. The average Bonchev–Trinajstić information content (AvgIpc) is 2.82. The third kappa shape index (κ3) is 2.81. The number of rotatable bonds is 4. The van der Waals surface area contributed by atoms with E-state index in [-0.39, 0.29) is 0 Å². The molecule has 0 radical (unpaired) electrons. The van der Waals surface area contributed by atoms with E-state index >= 15 is 0 Å². The minimum absolute atomic E-state index is 0.361. The van der Waals surface area contributed by atoms with Crippen LogP contribution in [0.2, 0.25) is 0 Å². The minimum atomic E-state index is -3.27. The van der Waals surface area contributed by atoms with Crippen LogP contribution in [0, 0.1) is 0 Å². The van der Waals surface area contributed by atoms with Gasteiger partial charge in [-0.05, 0) is 18.4 Å². The molecule has 0 spiro atoms. The van der Waals surface area contributed by atoms with Crippen LogP contribution < -0.4 is 4.72 Å². The molecular weight excluding hydrogens is 224 g/mol. The molecule has 1 heterocycles. The summed E-state index contributed by atoms with van der Waals surface area (Å²) in [5.74, 6) is 0. The first kappa shape index (κ1) is 11.6. The lowest BCUT2D eigenvalue weighted by Crippen LogP contribution is -2.38. The summed E-state index contributed by atoms with van der Waals surface area (Å²) in [6.45, 7) is 1.65. The summed E-state index contributed by atoms with van der Waals surface area (Å²) in [5, 5.41) is 0. The van der Waals surface area contributed by atoms with Crippen LogP contribution >= 0.6 is 0 Å². The van der Waals surface area contributed by atoms with Crippen LogP contribution in [-0.4, -0.2) is 25.8 Å². The fourth-order valence-corrected chi connectivity index (χ4v) is 3.06. The summed E-state index contributed by atoms with van der Waals surface area (Å²) in [7, 11) is -3.27. The van der Waals surface area contributed by atoms with E-state index in [4.69, 9.17) is 0 Å². The number of benzene rings is 1. The molecule has 0 bridgehead atoms. The van der Waals surface area contributed by atoms with Crippen LogP contribution in [0.5, 0.6) is 0 Å². The van der Waals surface area contributed by atoms with Crippen molar-refractivity contribution in [1.29, 1.82) is 0 Å². The molecule has 5 heteroatoms. The maximum Gasteiger partial charge on any atom is 0.279 e. The van der Waals surface area contributed by atoms with Crippen LogP contribution in [0.3, 0.4) is 0 Å². The Hall–Kier alpha value is -0.910. The van der Waals surface area contributed by atoms with Gasteiger partial charge in [-0.25, -0.2) is 0 Å². The topological polar surface area (TPSA) is 49.4 Å². The molecule has 0 aromatic heterocycles. The number of hydrogen-bond donors (Lipinski definition) is 1. The zero-order valence-corrected chi connectivity index (χ0v) is 9.91. The van der Waals surface area contributed by atoms with Gasteiger partial charge in [-0.1, -0.05) is 30.3 Å². The normalized spacial score (nSPS) is 17.8. The van der Waals surface area contributed by atoms with E-state index < -0.39 is 10.2 Å². The van der Waals surface area contributed by atoms with Gasteiger partial charge in [0.05, 0.1) is 0 Å². The highest BCUT2D eigenvalue weighted by Crippen LogP contribution is 2.11. The third-order valence-electron chi connectivity index (χ3n) is 2.71. The van der Waals surface area contributed by atoms with Gasteiger partial charge < -0.3 is 0 Å². The molecule has 0 unspecified atom stereocenters. The van der Waals surface area contributed by atoms with Gasteiger partial charge >= 0.3 is 0 Å². The first-order valence-corrected chi connectivity index (χ1v) is 6.91. The average molecular weight is 240 g/mol. The predicted molar refractivity (Wildman–Crippen MR) is 63.0 cm³/mol. The zero-order valence-electron chi connectivity index (χ0n) is 9.09. The molecule has 1 saturated heterocycles. The van der Waals surface area contributed by atoms with Crippen LogP contribution in [0.1, 0.15) is 18.4 Å². The summed E-state index contributed by atoms with van der Waals surface area (Å²) in [4.78, 5) is 0. The molecule has 88 valence electrons. The highest BCUT2D eigenvalue weighted by atomic mass is 32.2. The highest BCUT2D eigenvalue weighted by molar-refractivity contribution is 7.87. The van der Waals surface area contributed by atoms with E-state index in [1.54, 1.807) is 0 Å². The molecule has 1 aliphatic rings. The van der Waals surface area contributed by atoms with E-state index in [0.717, 1.165) is 18.4 Å². The number of nitrogens with one attached hydrogen (secondary N) is 1. The van der Waals surface area contributed by atoms with Gasteiger partial charge in [-0.2, -0.15) is 17.4 Å². The van der Waals surface area contributed by atoms with E-state index in [0.29, 0.717) is 19.6 Å². The van der Waals surface area contributed by atoms with E-state index in [2.05, 4.69) is 4.72 Å². The Bertz CT molecular complexity index is 425. The highest BCUT2D eigenvalue weighted by Gasteiger charge is 2.24. The summed E-state index contributed by atoms with van der Waals surface area (Å²) in [6.07, 6.45) is 1.93. The van der Waals surface area contributed by atoms with E-state index in [1.807, 2.05) is 30.3 Å². The van der Waals surface area contributed by atoms with Gasteiger partial charge in [0.2, 0.25) is 0 Å². The van der Waals surface area contributed by atoms with Crippen molar-refractivity contribution in [2.45, 2.75) is 19.4 Å². The summed E-state index contributed by atoms with van der Waals surface area (Å²) < 4.78 is 27.8. The Morgan fingerprint density at radius 1 is 1.12 bits per heavy atom. The van der Waals surface area contributed by atoms with Crippen molar-refractivity contribution in [2.75, 3.05) is 13.1 Å². The lowest BCUT2D eigenvalue weighted by Gasteiger charge is -2.15. The summed E-state index contributed by atoms with van der Waals surface area (Å²) >= 11 is 0. The number of nitrogens with zero attached hydrogens (tertiary/aromatic N) is 1. The van der Waals surface area contributed by atoms with Gasteiger partial charge in [-0.15, -0.1) is 0 Å². The molecule has 0 amide bonds. The predicted octanol–water partition coefficient (Wildman–Crippen LogP) is 1.12. The van der Waals surface area contributed by atoms with Gasteiger partial charge in [0.1, 0.15) is 0 Å². The first-order chi connectivity index (χ1) is 7.68. The molecule has 1 aromatic carbocycles. The Morgan fingerprint density at radius 3 is 2.38 bits per heavy atom. The molecule has 1 aliphatic heterocycles. The van der Waals surface area contributed by atoms with Gasteiger partial charge in [0.25, 0.3) is 10.2 Å². The molecule has 1 aromatic rings. The van der Waals surface area contributed by atoms with Crippen LogP contribution in [0.15, 0.2) is 30.3 Å². The lowest BCUT2D eigenvalue weighted by molar-refractivity contribution is 0.464. The van der Waals surface area contributed by atoms with Crippen LogP contribution in [0.25, 0.3) is 0 Å². The molecular formula is C11H16N2O2S. The lowest BCUT2D eigenvalue weighted by atomic mass is 10.2. The summed E-state index contributed by atoms with van der Waals surface area (Å²) in [5.41, 5.74) is 0.977. The minimum Gasteiger partial charge on any atom is -0.198 e. The van der Waals surface area contributed by atoms with Crippen molar-refractivity contribution in [1.82, 2.24) is 9.03 Å². The summed E-state index contributed by atoms with van der Waals surface area (Å²) in [6, 6.07) is 9.54. The Morgan fingerprint density at radius 2 is 1.75 bits per heavy atom. The Kier molecular flexibility index (Phi) is 3.58. The molecule has 0 aliphatic carbocycles. The zero-order chi connectivity index (χ0) is 11.4. The van der Waals surface area contributed by atoms with Gasteiger partial charge in [0.15, 0.2) is 0 Å². The van der Waals surface area contributed by atoms with Crippen molar-refractivity contribution in [3.05, 3.63) is 35.9 Å². The fourth-order valence-electron chi connectivity index (χ4n) is 1.79. The molecule has 2 rings (SSSR count). The van der Waals surface area contributed by atoms with Gasteiger partial charge in [-0.3, -0.25) is 0 Å². The van der Waals surface area contributed by atoms with Crippen molar-refractivity contribution in [3.63, 3.8) is 0 Å². The van der Waals surface area contributed by atoms with Crippen molar-refractivity contribution in [3.8, 4) is 0 Å². The smallest absolute Gasteiger partial charge is 0.198 e. The van der Waals surface area contributed by atoms with Crippen molar-refractivity contribution >= 4 is 10.2 Å². The van der Waals surface area contributed by atoms with Crippen molar-refractivity contribution in [2.24, 2.45) is 0 Å². The maximum absolute atomic E-state index is 11.8. The molecule has 4 nitrogen and oxygen atoms in total. The molecule has 16 heavy (non-hydrogen) atoms. The van der Waals surface area contributed by atoms with Gasteiger partial charge in [0, 0.05) is 19.6 Å². The monoisotopic (exact) mass is 240 g/mol. The van der Waals surface area contributed by atoms with Crippen molar-refractivity contribution < 1.29 is 8.42 Å². The van der Waals surface area contributed by atoms with Crippen LogP contribution in [-0.2, 0) is 16.8 Å². The van der Waals surface area contributed by atoms with Crippen LogP contribution in [0.4, 0.5) is 0 Å². The molecule has 0 atom stereocenters. The second kappa shape index (κ2) is 4.95. The SMILES string of the molecule is O=S(=O)(NCc1ccccc1)N1CCCC1. The first-order valence-electron chi connectivity index (χ1n) is 5.47. The number of hydrogen-bond acceptors (Lipinski definition) is 2. The van der Waals surface area contributed by atoms with E-state index in [9.17, 15) is 8.42 Å². The fraction of sp³-hybridized carbons (Fsp3) is 0.455. The quantitative estimate of drug-likeness (QED) is 0.857. The second-order valence-corrected chi connectivity index (χ2v) is 5.67.